The molecule has 2 aromatic carbocycles. The molecule has 1 saturated heterocycles. The summed E-state index contributed by atoms with van der Waals surface area (Å²) in [5.74, 6) is 0.0285. The summed E-state index contributed by atoms with van der Waals surface area (Å²) in [5.41, 5.74) is 0. The van der Waals surface area contributed by atoms with Crippen molar-refractivity contribution >= 4 is 10.1 Å². The molecule has 1 heterocycles. The molecule has 0 radical (unpaired) electrons. The van der Waals surface area contributed by atoms with Crippen LogP contribution in [0.25, 0.3) is 0 Å². The van der Waals surface area contributed by atoms with Gasteiger partial charge in [0.15, 0.2) is 0 Å². The Balaban J connectivity index is 1.64. The quantitative estimate of drug-likeness (QED) is 0.491. The average Bonchev–Trinajstić information content (AvgIpc) is 3.44. The molecule has 27 heavy (non-hydrogen) atoms. The zero-order valence-corrected chi connectivity index (χ0v) is 15.3. The van der Waals surface area contributed by atoms with E-state index in [2.05, 4.69) is 0 Å². The fraction of sp³-hybridized carbons (Fsp3) is 0.368. The molecule has 0 spiro atoms. The van der Waals surface area contributed by atoms with Crippen molar-refractivity contribution in [2.24, 2.45) is 0 Å². The Bertz CT molecular complexity index is 825. The maximum atomic E-state index is 13.0. The first kappa shape index (κ1) is 19.8. The summed E-state index contributed by atoms with van der Waals surface area (Å²) in [5, 5.41) is 9.04. The van der Waals surface area contributed by atoms with Crippen LogP contribution in [0.5, 0.6) is 5.75 Å². The van der Waals surface area contributed by atoms with Crippen molar-refractivity contribution in [3.05, 3.63) is 60.4 Å². The Kier molecular flexibility index (Phi) is 6.43. The Morgan fingerprint density at radius 1 is 1.07 bits per heavy atom. The predicted molar refractivity (Wildman–Crippen MR) is 95.4 cm³/mol. The molecule has 1 N–H and O–H groups in total. The first-order chi connectivity index (χ1) is 13.0. The zero-order valence-electron chi connectivity index (χ0n) is 14.5. The predicted octanol–water partition coefficient (Wildman–Crippen LogP) is 2.52. The van der Waals surface area contributed by atoms with E-state index >= 15 is 0 Å². The van der Waals surface area contributed by atoms with Crippen molar-refractivity contribution in [1.29, 1.82) is 0 Å². The maximum absolute atomic E-state index is 13.0. The van der Waals surface area contributed by atoms with Crippen LogP contribution >= 0.6 is 0 Å². The third-order valence-electron chi connectivity index (χ3n) is 4.18. The van der Waals surface area contributed by atoms with Crippen molar-refractivity contribution < 1.29 is 31.6 Å². The maximum Gasteiger partial charge on any atom is 0.297 e. The van der Waals surface area contributed by atoms with E-state index < -0.39 is 16.2 Å². The largest absolute Gasteiger partial charge is 0.491 e. The van der Waals surface area contributed by atoms with E-state index in [1.165, 1.54) is 36.4 Å². The van der Waals surface area contributed by atoms with Crippen LogP contribution in [0, 0.1) is 5.82 Å². The van der Waals surface area contributed by atoms with Crippen molar-refractivity contribution in [3.8, 4) is 5.75 Å². The summed E-state index contributed by atoms with van der Waals surface area (Å²) in [6.07, 6.45) is -0.147. The Labute approximate surface area is 157 Å². The molecule has 1 aliphatic rings. The highest BCUT2D eigenvalue weighted by Crippen LogP contribution is 2.28. The number of halogens is 1. The summed E-state index contributed by atoms with van der Waals surface area (Å²) in [6, 6.07) is 13.3. The Morgan fingerprint density at radius 3 is 2.41 bits per heavy atom. The zero-order chi connectivity index (χ0) is 19.3. The number of hydrogen-bond donors (Lipinski definition) is 1. The van der Waals surface area contributed by atoms with Gasteiger partial charge in [0.25, 0.3) is 10.1 Å². The van der Waals surface area contributed by atoms with Gasteiger partial charge < -0.3 is 14.6 Å². The summed E-state index contributed by atoms with van der Waals surface area (Å²) in [7, 11) is -3.95. The van der Waals surface area contributed by atoms with Gasteiger partial charge in [-0.25, -0.2) is 4.39 Å². The highest BCUT2D eigenvalue weighted by Gasteiger charge is 2.38. The van der Waals surface area contributed by atoms with Crippen LogP contribution in [-0.2, 0) is 19.0 Å². The molecule has 0 saturated carbocycles. The van der Waals surface area contributed by atoms with E-state index in [9.17, 15) is 12.8 Å². The van der Waals surface area contributed by atoms with E-state index in [4.69, 9.17) is 18.8 Å². The Hall–Kier alpha value is -2.00. The van der Waals surface area contributed by atoms with Crippen molar-refractivity contribution in [2.75, 3.05) is 13.2 Å². The van der Waals surface area contributed by atoms with Gasteiger partial charge in [0.05, 0.1) is 17.6 Å². The van der Waals surface area contributed by atoms with E-state index in [0.717, 1.165) is 0 Å². The molecule has 8 heteroatoms. The minimum Gasteiger partial charge on any atom is -0.491 e. The molecule has 146 valence electrons. The summed E-state index contributed by atoms with van der Waals surface area (Å²) >= 11 is 0. The normalized spacial score (nSPS) is 20.2. The molecular formula is C19H21FO6S. The SMILES string of the molecule is O=S(=O)(O[C@H](CC[C@@H]1O[C@H]1CO)COc1ccc(F)cc1)c1ccccc1. The summed E-state index contributed by atoms with van der Waals surface area (Å²) in [4.78, 5) is 0.0627. The molecule has 6 nitrogen and oxygen atoms in total. The topological polar surface area (TPSA) is 85.4 Å². The minimum atomic E-state index is -3.95. The van der Waals surface area contributed by atoms with Crippen molar-refractivity contribution in [2.45, 2.75) is 36.0 Å². The molecule has 1 fully saturated rings. The van der Waals surface area contributed by atoms with Crippen LogP contribution in [0.3, 0.4) is 0 Å². The average molecular weight is 396 g/mol. The second kappa shape index (κ2) is 8.79. The van der Waals surface area contributed by atoms with Crippen molar-refractivity contribution in [1.82, 2.24) is 0 Å². The van der Waals surface area contributed by atoms with Gasteiger partial charge in [0, 0.05) is 0 Å². The van der Waals surface area contributed by atoms with Crippen LogP contribution in [0.15, 0.2) is 59.5 Å². The van der Waals surface area contributed by atoms with Gasteiger partial charge >= 0.3 is 0 Å². The van der Waals surface area contributed by atoms with Gasteiger partial charge in [0.2, 0.25) is 0 Å². The number of benzene rings is 2. The summed E-state index contributed by atoms with van der Waals surface area (Å²) in [6.45, 7) is -0.0845. The van der Waals surface area contributed by atoms with Crippen LogP contribution in [0.4, 0.5) is 4.39 Å². The van der Waals surface area contributed by atoms with E-state index in [-0.39, 0.29) is 36.1 Å². The Morgan fingerprint density at radius 2 is 1.78 bits per heavy atom. The molecule has 0 unspecified atom stereocenters. The van der Waals surface area contributed by atoms with Crippen LogP contribution in [0.1, 0.15) is 12.8 Å². The highest BCUT2D eigenvalue weighted by molar-refractivity contribution is 7.86. The molecule has 0 aliphatic carbocycles. The third kappa shape index (κ3) is 5.74. The fourth-order valence-corrected chi connectivity index (χ4v) is 3.76. The summed E-state index contributed by atoms with van der Waals surface area (Å²) < 4.78 is 54.2. The number of epoxide rings is 1. The fourth-order valence-electron chi connectivity index (χ4n) is 2.64. The number of aliphatic hydroxyl groups is 1. The number of rotatable bonds is 10. The van der Waals surface area contributed by atoms with Gasteiger partial charge in [-0.2, -0.15) is 8.42 Å². The first-order valence-electron chi connectivity index (χ1n) is 8.61. The second-order valence-electron chi connectivity index (χ2n) is 6.22. The first-order valence-corrected chi connectivity index (χ1v) is 10.0. The van der Waals surface area contributed by atoms with Gasteiger partial charge in [-0.05, 0) is 49.2 Å². The molecule has 1 aliphatic heterocycles. The van der Waals surface area contributed by atoms with Gasteiger partial charge in [-0.3, -0.25) is 4.18 Å². The van der Waals surface area contributed by atoms with Gasteiger partial charge in [-0.15, -0.1) is 0 Å². The van der Waals surface area contributed by atoms with E-state index in [1.54, 1.807) is 18.2 Å². The number of aliphatic hydroxyl groups excluding tert-OH is 1. The third-order valence-corrected chi connectivity index (χ3v) is 5.56. The standard InChI is InChI=1S/C19H21FO6S/c20-14-6-8-15(9-7-14)24-13-16(10-11-18-19(12-21)25-18)26-27(22,23)17-4-2-1-3-5-17/h1-9,16,18-19,21H,10-13H2/t16-,18+,19+/m1/s1. The minimum absolute atomic E-state index is 0.0196. The van der Waals surface area contributed by atoms with Gasteiger partial charge in [0.1, 0.15) is 30.4 Å². The second-order valence-corrected chi connectivity index (χ2v) is 7.80. The molecule has 3 atom stereocenters. The lowest BCUT2D eigenvalue weighted by atomic mass is 10.1. The van der Waals surface area contributed by atoms with Crippen molar-refractivity contribution in [3.63, 3.8) is 0 Å². The van der Waals surface area contributed by atoms with Crippen LogP contribution in [0.2, 0.25) is 0 Å². The molecular weight excluding hydrogens is 375 g/mol. The molecule has 2 aromatic rings. The lowest BCUT2D eigenvalue weighted by Crippen LogP contribution is -2.26. The number of ether oxygens (including phenoxy) is 2. The van der Waals surface area contributed by atoms with Gasteiger partial charge in [-0.1, -0.05) is 18.2 Å². The van der Waals surface area contributed by atoms with Crippen LogP contribution in [-0.4, -0.2) is 45.0 Å². The highest BCUT2D eigenvalue weighted by atomic mass is 32.2. The monoisotopic (exact) mass is 396 g/mol. The lowest BCUT2D eigenvalue weighted by molar-refractivity contribution is 0.122. The van der Waals surface area contributed by atoms with Crippen LogP contribution < -0.4 is 4.74 Å². The molecule has 3 rings (SSSR count). The number of hydrogen-bond acceptors (Lipinski definition) is 6. The van der Waals surface area contributed by atoms with E-state index in [1.807, 2.05) is 0 Å². The lowest BCUT2D eigenvalue weighted by Gasteiger charge is -2.18. The molecule has 0 aromatic heterocycles. The smallest absolute Gasteiger partial charge is 0.297 e. The molecule has 0 amide bonds. The molecule has 0 bridgehead atoms. The van der Waals surface area contributed by atoms with E-state index in [0.29, 0.717) is 18.6 Å².